The Morgan fingerprint density at radius 1 is 1.07 bits per heavy atom. The van der Waals surface area contributed by atoms with Gasteiger partial charge >= 0.3 is 6.61 Å². The molecule has 6 rings (SSSR count). The molecule has 1 aliphatic rings. The number of nitrogens with zero attached hydrogens (tertiary/aromatic N) is 7. The number of hydrogen-bond donors (Lipinski definition) is 1. The molecule has 0 spiro atoms. The molecule has 5 aromatic rings. The normalized spacial score (nSPS) is 15.4. The average Bonchev–Trinajstić information content (AvgIpc) is 3.60. The average molecular weight is 603 g/mol. The molecule has 13 heteroatoms. The van der Waals surface area contributed by atoms with Gasteiger partial charge in [0.2, 0.25) is 11.9 Å². The van der Waals surface area contributed by atoms with Crippen molar-refractivity contribution in [1.29, 1.82) is 0 Å². The van der Waals surface area contributed by atoms with Crippen molar-refractivity contribution < 1.29 is 18.3 Å². The van der Waals surface area contributed by atoms with Crippen LogP contribution in [0.3, 0.4) is 0 Å². The summed E-state index contributed by atoms with van der Waals surface area (Å²) in [5.74, 6) is 0.690. The Hall–Kier alpha value is -5.07. The number of rotatable bonds is 8. The van der Waals surface area contributed by atoms with Crippen molar-refractivity contribution in [2.75, 3.05) is 24.5 Å². The molecule has 1 aliphatic heterocycles. The van der Waals surface area contributed by atoms with Crippen LogP contribution in [0, 0.1) is 0 Å². The molecule has 1 fully saturated rings. The molecular weight excluding hydrogens is 570 g/mol. The Morgan fingerprint density at radius 2 is 1.86 bits per heavy atom. The molecule has 0 aliphatic carbocycles. The van der Waals surface area contributed by atoms with Gasteiger partial charge in [0.15, 0.2) is 0 Å². The Bertz CT molecular complexity index is 1850. The lowest BCUT2D eigenvalue weighted by molar-refractivity contribution is -0.131. The van der Waals surface area contributed by atoms with Gasteiger partial charge in [0.25, 0.3) is 5.56 Å². The maximum absolute atomic E-state index is 13.3. The zero-order chi connectivity index (χ0) is 31.0. The number of carbonyl (C=O) groups excluding carboxylic acids is 1. The second kappa shape index (κ2) is 11.9. The SMILES string of the molecule is CC(=O)N1CCN(c2ncc(-c3ccc4c(=O)n(C)n(Cc5cc(Cc6cn[nH]c6)ccc5OC(F)F)c4c3)cn2)CC1C. The third-order valence-corrected chi connectivity index (χ3v) is 8.07. The van der Waals surface area contributed by atoms with Crippen LogP contribution < -0.4 is 15.2 Å². The van der Waals surface area contributed by atoms with Gasteiger partial charge in [-0.3, -0.25) is 24.1 Å². The molecule has 0 radical (unpaired) electrons. The van der Waals surface area contributed by atoms with E-state index in [2.05, 4.69) is 25.1 Å². The summed E-state index contributed by atoms with van der Waals surface area (Å²) in [6, 6.07) is 10.6. The quantitative estimate of drug-likeness (QED) is 0.287. The van der Waals surface area contributed by atoms with E-state index in [1.165, 1.54) is 10.7 Å². The first-order chi connectivity index (χ1) is 21.2. The Kier molecular flexibility index (Phi) is 7.85. The van der Waals surface area contributed by atoms with Crippen LogP contribution in [0.2, 0.25) is 0 Å². The van der Waals surface area contributed by atoms with Gasteiger partial charge < -0.3 is 14.5 Å². The van der Waals surface area contributed by atoms with E-state index in [1.807, 2.05) is 30.0 Å². The monoisotopic (exact) mass is 602 g/mol. The first kappa shape index (κ1) is 29.0. The maximum atomic E-state index is 13.3. The fraction of sp³-hybridized carbons (Fsp3) is 0.323. The number of amides is 1. The predicted octanol–water partition coefficient (Wildman–Crippen LogP) is 3.82. The molecule has 1 amide bonds. The van der Waals surface area contributed by atoms with Crippen LogP contribution in [0.1, 0.15) is 30.5 Å². The van der Waals surface area contributed by atoms with Gasteiger partial charge in [-0.2, -0.15) is 13.9 Å². The first-order valence-corrected chi connectivity index (χ1v) is 14.3. The number of carbonyl (C=O) groups is 1. The molecule has 3 aromatic heterocycles. The number of nitrogens with one attached hydrogen (secondary N) is 1. The number of aromatic amines is 1. The highest BCUT2D eigenvalue weighted by Crippen LogP contribution is 2.28. The smallest absolute Gasteiger partial charge is 0.387 e. The molecule has 0 saturated carbocycles. The first-order valence-electron chi connectivity index (χ1n) is 14.3. The van der Waals surface area contributed by atoms with Crippen molar-refractivity contribution in [1.82, 2.24) is 34.4 Å². The molecule has 44 heavy (non-hydrogen) atoms. The minimum absolute atomic E-state index is 0.0452. The van der Waals surface area contributed by atoms with E-state index in [9.17, 15) is 18.4 Å². The second-order valence-corrected chi connectivity index (χ2v) is 11.0. The van der Waals surface area contributed by atoms with Crippen molar-refractivity contribution in [2.45, 2.75) is 39.5 Å². The summed E-state index contributed by atoms with van der Waals surface area (Å²) in [5, 5.41) is 7.25. The molecule has 4 heterocycles. The van der Waals surface area contributed by atoms with Crippen molar-refractivity contribution >= 4 is 22.8 Å². The predicted molar refractivity (Wildman–Crippen MR) is 161 cm³/mol. The summed E-state index contributed by atoms with van der Waals surface area (Å²) in [4.78, 5) is 38.1. The van der Waals surface area contributed by atoms with Crippen molar-refractivity contribution in [2.24, 2.45) is 7.05 Å². The van der Waals surface area contributed by atoms with Crippen molar-refractivity contribution in [3.05, 3.63) is 88.2 Å². The van der Waals surface area contributed by atoms with E-state index in [0.29, 0.717) is 48.5 Å². The number of hydrogen-bond acceptors (Lipinski definition) is 7. The van der Waals surface area contributed by atoms with E-state index in [-0.39, 0.29) is 29.8 Å². The van der Waals surface area contributed by atoms with Gasteiger partial charge in [-0.15, -0.1) is 0 Å². The summed E-state index contributed by atoms with van der Waals surface area (Å²) in [6.07, 6.45) is 7.52. The van der Waals surface area contributed by atoms with Crippen LogP contribution in [0.4, 0.5) is 14.7 Å². The van der Waals surface area contributed by atoms with Gasteiger partial charge in [-0.05, 0) is 47.9 Å². The van der Waals surface area contributed by atoms with E-state index in [4.69, 9.17) is 4.74 Å². The number of anilines is 1. The van der Waals surface area contributed by atoms with E-state index < -0.39 is 6.61 Å². The lowest BCUT2D eigenvalue weighted by Crippen LogP contribution is -2.53. The highest BCUT2D eigenvalue weighted by molar-refractivity contribution is 5.84. The molecular formula is C31H32F2N8O3. The molecule has 1 unspecified atom stereocenters. The summed E-state index contributed by atoms with van der Waals surface area (Å²) in [7, 11) is 1.65. The Labute approximate surface area is 251 Å². The summed E-state index contributed by atoms with van der Waals surface area (Å²) < 4.78 is 34.7. The highest BCUT2D eigenvalue weighted by Gasteiger charge is 2.26. The lowest BCUT2D eigenvalue weighted by atomic mass is 10.0. The number of aromatic nitrogens is 6. The third-order valence-electron chi connectivity index (χ3n) is 8.07. The van der Waals surface area contributed by atoms with Gasteiger partial charge in [0, 0.05) is 75.8 Å². The Balaban J connectivity index is 1.31. The molecule has 1 atom stereocenters. The van der Waals surface area contributed by atoms with Crippen LogP contribution in [0.25, 0.3) is 22.0 Å². The number of ether oxygens (including phenoxy) is 1. The highest BCUT2D eigenvalue weighted by atomic mass is 19.3. The fourth-order valence-corrected chi connectivity index (χ4v) is 5.83. The van der Waals surface area contributed by atoms with E-state index >= 15 is 0 Å². The summed E-state index contributed by atoms with van der Waals surface area (Å²) >= 11 is 0. The number of H-pyrrole nitrogens is 1. The number of halogens is 2. The standard InChI is InChI=1S/C31H32F2N8O3/c1-19-17-39(8-9-40(19)20(2)42)31-34-15-25(16-35-31)23-5-6-26-27(12-23)41(38(3)29(26)43)18-24-11-21(10-22-13-36-37-14-22)4-7-28(24)44-30(32)33/h4-7,11-16,19,30H,8-10,17-18H2,1-3H3,(H,36,37). The number of fused-ring (bicyclic) bond motifs is 1. The number of benzene rings is 2. The second-order valence-electron chi connectivity index (χ2n) is 11.0. The summed E-state index contributed by atoms with van der Waals surface area (Å²) in [5.41, 5.74) is 4.34. The van der Waals surface area contributed by atoms with Crippen LogP contribution in [0.15, 0.2) is 66.0 Å². The minimum atomic E-state index is -2.99. The van der Waals surface area contributed by atoms with E-state index in [0.717, 1.165) is 22.3 Å². The van der Waals surface area contributed by atoms with Crippen molar-refractivity contribution in [3.63, 3.8) is 0 Å². The molecule has 1 saturated heterocycles. The molecule has 11 nitrogen and oxygen atoms in total. The van der Waals surface area contributed by atoms with Crippen LogP contribution >= 0.6 is 0 Å². The van der Waals surface area contributed by atoms with Gasteiger partial charge in [-0.1, -0.05) is 12.1 Å². The van der Waals surface area contributed by atoms with Gasteiger partial charge in [0.05, 0.1) is 23.6 Å². The van der Waals surface area contributed by atoms with Gasteiger partial charge in [0.1, 0.15) is 5.75 Å². The van der Waals surface area contributed by atoms with Crippen LogP contribution in [-0.4, -0.2) is 72.6 Å². The number of alkyl halides is 2. The molecule has 228 valence electrons. The minimum Gasteiger partial charge on any atom is -0.434 e. The Morgan fingerprint density at radius 3 is 2.55 bits per heavy atom. The zero-order valence-corrected chi connectivity index (χ0v) is 24.6. The molecule has 2 aromatic carbocycles. The summed E-state index contributed by atoms with van der Waals surface area (Å²) in [6.45, 7) is 2.62. The van der Waals surface area contributed by atoms with Crippen LogP contribution in [0.5, 0.6) is 5.75 Å². The van der Waals surface area contributed by atoms with E-state index in [1.54, 1.807) is 55.6 Å². The fourth-order valence-electron chi connectivity index (χ4n) is 5.83. The maximum Gasteiger partial charge on any atom is 0.387 e. The van der Waals surface area contributed by atoms with Gasteiger partial charge in [-0.25, -0.2) is 9.97 Å². The largest absolute Gasteiger partial charge is 0.434 e. The topological polar surface area (TPSA) is 114 Å². The van der Waals surface area contributed by atoms with Crippen molar-refractivity contribution in [3.8, 4) is 16.9 Å². The third kappa shape index (κ3) is 5.77. The lowest BCUT2D eigenvalue weighted by Gasteiger charge is -2.39. The molecule has 0 bridgehead atoms. The van der Waals surface area contributed by atoms with Crippen LogP contribution in [-0.2, 0) is 24.8 Å². The molecule has 1 N–H and O–H groups in total. The zero-order valence-electron chi connectivity index (χ0n) is 24.6. The number of piperazine rings is 1.